The van der Waals surface area contributed by atoms with Gasteiger partial charge in [0.05, 0.1) is 26.4 Å². The lowest BCUT2D eigenvalue weighted by molar-refractivity contribution is -0.139. The Morgan fingerprint density at radius 3 is 2.61 bits per heavy atom. The second kappa shape index (κ2) is 9.83. The summed E-state index contributed by atoms with van der Waals surface area (Å²) in [4.78, 5) is 27.9. The summed E-state index contributed by atoms with van der Waals surface area (Å²) in [6.45, 7) is 4.16. The van der Waals surface area contributed by atoms with Gasteiger partial charge in [-0.25, -0.2) is 4.79 Å². The van der Waals surface area contributed by atoms with Crippen molar-refractivity contribution in [3.8, 4) is 11.5 Å². The monoisotopic (exact) mass is 467 g/mol. The molecule has 6 nitrogen and oxygen atoms in total. The van der Waals surface area contributed by atoms with Gasteiger partial charge in [-0.3, -0.25) is 4.79 Å². The fourth-order valence-corrected chi connectivity index (χ4v) is 5.50. The largest absolute Gasteiger partial charge is 0.493 e. The summed E-state index contributed by atoms with van der Waals surface area (Å²) < 4.78 is 16.4. The van der Waals surface area contributed by atoms with Crippen molar-refractivity contribution < 1.29 is 23.8 Å². The SMILES string of the molecule is CCCOC(=O)C1=C(C)NC2=C(C(=O)C[C@H](c3cccs3)C2)[C@@H]1c1ccc(OC)c(OC)c1. The molecule has 0 amide bonds. The summed E-state index contributed by atoms with van der Waals surface area (Å²) in [5.74, 6) is 0.400. The molecule has 2 atom stereocenters. The maximum atomic E-state index is 13.6. The van der Waals surface area contributed by atoms with Gasteiger partial charge in [0.1, 0.15) is 0 Å². The van der Waals surface area contributed by atoms with Crippen molar-refractivity contribution in [1.29, 1.82) is 0 Å². The first kappa shape index (κ1) is 23.1. The van der Waals surface area contributed by atoms with E-state index in [-0.39, 0.29) is 11.7 Å². The zero-order valence-corrected chi connectivity index (χ0v) is 20.2. The Morgan fingerprint density at radius 1 is 1.15 bits per heavy atom. The van der Waals surface area contributed by atoms with Gasteiger partial charge in [0.25, 0.3) is 0 Å². The average Bonchev–Trinajstić information content (AvgIpc) is 3.36. The second-order valence-corrected chi connectivity index (χ2v) is 9.26. The van der Waals surface area contributed by atoms with Gasteiger partial charge >= 0.3 is 5.97 Å². The highest BCUT2D eigenvalue weighted by Crippen LogP contribution is 2.47. The molecule has 1 N–H and O–H groups in total. The molecule has 0 unspecified atom stereocenters. The smallest absolute Gasteiger partial charge is 0.336 e. The Kier molecular flexibility index (Phi) is 6.88. The summed E-state index contributed by atoms with van der Waals surface area (Å²) in [6.07, 6.45) is 1.86. The van der Waals surface area contributed by atoms with E-state index in [2.05, 4.69) is 11.4 Å². The zero-order valence-electron chi connectivity index (χ0n) is 19.4. The minimum Gasteiger partial charge on any atom is -0.493 e. The number of nitrogens with one attached hydrogen (secondary N) is 1. The maximum absolute atomic E-state index is 13.6. The number of hydrogen-bond acceptors (Lipinski definition) is 7. The molecule has 2 aromatic rings. The van der Waals surface area contributed by atoms with E-state index in [4.69, 9.17) is 14.2 Å². The van der Waals surface area contributed by atoms with Crippen LogP contribution in [-0.4, -0.2) is 32.6 Å². The number of thiophene rings is 1. The molecule has 1 aromatic heterocycles. The van der Waals surface area contributed by atoms with E-state index in [1.54, 1.807) is 25.6 Å². The molecule has 2 heterocycles. The molecule has 1 aromatic carbocycles. The minimum absolute atomic E-state index is 0.0511. The fourth-order valence-electron chi connectivity index (χ4n) is 4.67. The van der Waals surface area contributed by atoms with E-state index in [1.165, 1.54) is 4.88 Å². The number of carbonyl (C=O) groups is 2. The molecule has 33 heavy (non-hydrogen) atoms. The summed E-state index contributed by atoms with van der Waals surface area (Å²) in [7, 11) is 3.15. The van der Waals surface area contributed by atoms with Crippen LogP contribution >= 0.6 is 11.3 Å². The van der Waals surface area contributed by atoms with E-state index < -0.39 is 11.9 Å². The van der Waals surface area contributed by atoms with Crippen molar-refractivity contribution in [3.63, 3.8) is 0 Å². The Hall–Kier alpha value is -3.06. The third-order valence-electron chi connectivity index (χ3n) is 6.17. The van der Waals surface area contributed by atoms with Crippen LogP contribution in [0.5, 0.6) is 11.5 Å². The first-order valence-electron chi connectivity index (χ1n) is 11.1. The molecule has 0 fully saturated rings. The molecule has 0 radical (unpaired) electrons. The standard InChI is InChI=1S/C26H29NO5S/c1-5-10-32-26(29)23-15(2)27-18-12-17(22-7-6-11-33-22)13-19(28)25(18)24(23)16-8-9-20(30-3)21(14-16)31-4/h6-9,11,14,17,24,27H,5,10,12-13H2,1-4H3/t17-,24-/m1/s1. The highest BCUT2D eigenvalue weighted by atomic mass is 32.1. The lowest BCUT2D eigenvalue weighted by atomic mass is 9.72. The summed E-state index contributed by atoms with van der Waals surface area (Å²) >= 11 is 1.67. The maximum Gasteiger partial charge on any atom is 0.336 e. The minimum atomic E-state index is -0.526. The van der Waals surface area contributed by atoms with Crippen LogP contribution in [0.25, 0.3) is 0 Å². The number of benzene rings is 1. The molecule has 7 heteroatoms. The van der Waals surface area contributed by atoms with E-state index in [9.17, 15) is 9.59 Å². The third-order valence-corrected chi connectivity index (χ3v) is 7.21. The number of methoxy groups -OCH3 is 2. The van der Waals surface area contributed by atoms with Gasteiger partial charge in [-0.1, -0.05) is 19.1 Å². The number of carbonyl (C=O) groups excluding carboxylic acids is 2. The van der Waals surface area contributed by atoms with Gasteiger partial charge in [0.2, 0.25) is 0 Å². The molecule has 0 spiro atoms. The lowest BCUT2D eigenvalue weighted by Gasteiger charge is -2.36. The van der Waals surface area contributed by atoms with Crippen molar-refractivity contribution >= 4 is 23.1 Å². The van der Waals surface area contributed by atoms with Crippen molar-refractivity contribution in [1.82, 2.24) is 5.32 Å². The topological polar surface area (TPSA) is 73.9 Å². The third kappa shape index (κ3) is 4.42. The van der Waals surface area contributed by atoms with Crippen LogP contribution in [0.4, 0.5) is 0 Å². The number of Topliss-reactive ketones (excluding diaryl/α,β-unsaturated/α-hetero) is 1. The van der Waals surface area contributed by atoms with E-state index in [0.29, 0.717) is 41.4 Å². The Morgan fingerprint density at radius 2 is 1.94 bits per heavy atom. The van der Waals surface area contributed by atoms with Gasteiger partial charge in [0.15, 0.2) is 17.3 Å². The van der Waals surface area contributed by atoms with Crippen LogP contribution in [-0.2, 0) is 14.3 Å². The molecule has 0 bridgehead atoms. The molecule has 174 valence electrons. The van der Waals surface area contributed by atoms with Gasteiger partial charge in [0, 0.05) is 40.1 Å². The Labute approximate surface area is 198 Å². The second-order valence-electron chi connectivity index (χ2n) is 8.28. The number of dihydropyridines is 1. The van der Waals surface area contributed by atoms with Gasteiger partial charge in [-0.05, 0) is 48.9 Å². The van der Waals surface area contributed by atoms with E-state index in [0.717, 1.165) is 24.1 Å². The lowest BCUT2D eigenvalue weighted by Crippen LogP contribution is -2.36. The molecule has 0 saturated carbocycles. The molecular formula is C26H29NO5S. The zero-order chi connectivity index (χ0) is 23.5. The number of esters is 1. The van der Waals surface area contributed by atoms with Crippen LogP contribution < -0.4 is 14.8 Å². The molecule has 4 rings (SSSR count). The molecule has 0 saturated heterocycles. The first-order chi connectivity index (χ1) is 16.0. The quantitative estimate of drug-likeness (QED) is 0.573. The van der Waals surface area contributed by atoms with Crippen LogP contribution in [0.2, 0.25) is 0 Å². The summed E-state index contributed by atoms with van der Waals surface area (Å²) in [6, 6.07) is 9.64. The molecular weight excluding hydrogens is 438 g/mol. The predicted octanol–water partition coefficient (Wildman–Crippen LogP) is 5.08. The summed E-state index contributed by atoms with van der Waals surface area (Å²) in [5, 5.41) is 5.42. The van der Waals surface area contributed by atoms with Crippen LogP contribution in [0, 0.1) is 0 Å². The number of ether oxygens (including phenoxy) is 3. The number of ketones is 1. The van der Waals surface area contributed by atoms with Crippen molar-refractivity contribution in [2.45, 2.75) is 44.9 Å². The Bertz CT molecular complexity index is 1120. The fraction of sp³-hybridized carbons (Fsp3) is 0.385. The van der Waals surface area contributed by atoms with Crippen molar-refractivity contribution in [2.75, 3.05) is 20.8 Å². The van der Waals surface area contributed by atoms with Crippen LogP contribution in [0.3, 0.4) is 0 Å². The average molecular weight is 468 g/mol. The highest BCUT2D eigenvalue weighted by Gasteiger charge is 2.41. The van der Waals surface area contributed by atoms with Gasteiger partial charge < -0.3 is 19.5 Å². The molecule has 2 aliphatic rings. The van der Waals surface area contributed by atoms with Gasteiger partial charge in [-0.2, -0.15) is 0 Å². The number of rotatable bonds is 7. The molecule has 1 aliphatic heterocycles. The van der Waals surface area contributed by atoms with Crippen molar-refractivity contribution in [2.24, 2.45) is 0 Å². The molecule has 1 aliphatic carbocycles. The Balaban J connectivity index is 1.82. The van der Waals surface area contributed by atoms with Gasteiger partial charge in [-0.15, -0.1) is 11.3 Å². The normalized spacial score (nSPS) is 20.3. The van der Waals surface area contributed by atoms with E-state index in [1.807, 2.05) is 43.5 Å². The highest BCUT2D eigenvalue weighted by molar-refractivity contribution is 7.10. The van der Waals surface area contributed by atoms with Crippen LogP contribution in [0.15, 0.2) is 58.3 Å². The van der Waals surface area contributed by atoms with Crippen molar-refractivity contribution in [3.05, 3.63) is 68.7 Å². The number of allylic oxidation sites excluding steroid dienone is 3. The van der Waals surface area contributed by atoms with E-state index >= 15 is 0 Å². The first-order valence-corrected chi connectivity index (χ1v) is 12.0. The number of hydrogen-bond donors (Lipinski definition) is 1. The van der Waals surface area contributed by atoms with Crippen LogP contribution in [0.1, 0.15) is 55.4 Å². The summed E-state index contributed by atoms with van der Waals surface area (Å²) in [5.41, 5.74) is 3.51. The predicted molar refractivity (Wildman–Crippen MR) is 128 cm³/mol.